The Kier molecular flexibility index (Phi) is 50.8. The van der Waals surface area contributed by atoms with Crippen LogP contribution in [-0.4, -0.2) is 163 Å². The summed E-state index contributed by atoms with van der Waals surface area (Å²) in [4.78, 5) is 126. The Hall–Kier alpha value is -3.18. The number of aryl methyl sites for hydroxylation is 4. The number of aromatic nitrogens is 4. The first kappa shape index (κ1) is 129. The number of hydrogen-bond acceptors (Lipinski definition) is 30. The van der Waals surface area contributed by atoms with Crippen molar-refractivity contribution in [3.8, 4) is 0 Å². The molecular weight excluding hydrogens is 2090 g/mol. The summed E-state index contributed by atoms with van der Waals surface area (Å²) in [6.45, 7) is 55.7. The number of esters is 4. The van der Waals surface area contributed by atoms with Crippen molar-refractivity contribution in [1.29, 1.82) is 0 Å². The lowest BCUT2D eigenvalue weighted by Gasteiger charge is -2.37. The zero-order chi connectivity index (χ0) is 110. The third kappa shape index (κ3) is 36.2. The normalized spacial score (nSPS) is 34.8. The zero-order valence-electron chi connectivity index (χ0n) is 92.4. The van der Waals surface area contributed by atoms with E-state index in [4.69, 9.17) is 59.9 Å². The van der Waals surface area contributed by atoms with Gasteiger partial charge in [0.2, 0.25) is 0 Å². The van der Waals surface area contributed by atoms with Gasteiger partial charge >= 0.3 is 23.9 Å². The first-order chi connectivity index (χ1) is 68.8. The van der Waals surface area contributed by atoms with Crippen LogP contribution in [0.2, 0.25) is 0 Å². The molecule has 6 aliphatic heterocycles. The first-order valence-electron chi connectivity index (χ1n) is 52.2. The minimum Gasteiger partial charge on any atom is -0.458 e. The molecule has 0 amide bonds. The summed E-state index contributed by atoms with van der Waals surface area (Å²) >= 11 is 6.38. The molecule has 4 aromatic heterocycles. The minimum absolute atomic E-state index is 0.00155. The van der Waals surface area contributed by atoms with Crippen LogP contribution in [0.25, 0.3) is 24.3 Å². The highest BCUT2D eigenvalue weighted by atomic mass is 32.1. The number of nitrogens with one attached hydrogen (secondary N) is 1. The summed E-state index contributed by atoms with van der Waals surface area (Å²) in [7, 11) is 18.3. The Morgan fingerprint density at radius 2 is 0.667 bits per heavy atom. The van der Waals surface area contributed by atoms with E-state index in [1.165, 1.54) is 5.57 Å². The number of carbonyl (C=O) groups is 8. The molecule has 6 fully saturated rings. The molecule has 0 aromatic carbocycles. The summed E-state index contributed by atoms with van der Waals surface area (Å²) < 4.78 is 75.9. The Bertz CT molecular complexity index is 4820. The molecule has 4 aromatic rings. The van der Waals surface area contributed by atoms with Gasteiger partial charge in [-0.1, -0.05) is 149 Å². The van der Waals surface area contributed by atoms with Gasteiger partial charge in [0.05, 0.1) is 151 Å². The molecule has 147 heavy (non-hydrogen) atoms. The number of Topliss-reactive ketones (excluding diaryl/α,β-unsaturated/α-hetero) is 4. The number of epoxide rings is 1. The number of nitrogens with zero attached hydrogens (tertiary/aromatic N) is 4. The van der Waals surface area contributed by atoms with Gasteiger partial charge in [0.1, 0.15) is 47.5 Å². The van der Waals surface area contributed by atoms with Crippen molar-refractivity contribution in [1.82, 2.24) is 25.3 Å². The fraction of sp³-hybridized carbons (Fsp3) is 0.725. The molecule has 38 heteroatoms. The molecule has 10 heterocycles. The van der Waals surface area contributed by atoms with Crippen LogP contribution in [0, 0.1) is 108 Å². The number of allylic oxidation sites excluding steroid dienone is 1. The van der Waals surface area contributed by atoms with Gasteiger partial charge in [0.25, 0.3) is 0 Å². The van der Waals surface area contributed by atoms with E-state index in [1.54, 1.807) is 45.3 Å². The van der Waals surface area contributed by atoms with Crippen LogP contribution in [-0.2, 0) is 98.2 Å². The number of thiazole rings is 4. The second kappa shape index (κ2) is 57.9. The van der Waals surface area contributed by atoms with E-state index in [2.05, 4.69) is 162 Å². The van der Waals surface area contributed by atoms with Gasteiger partial charge in [-0.3, -0.25) is 38.4 Å². The number of carbonyl (C=O) groups excluding carboxylic acids is 8. The maximum atomic E-state index is 13.7. The topological polar surface area (TPSA) is 333 Å². The average molecular weight is 2270 g/mol. The van der Waals surface area contributed by atoms with Crippen molar-refractivity contribution >= 4 is 192 Å². The van der Waals surface area contributed by atoms with Gasteiger partial charge in [0.15, 0.2) is 0 Å². The molecule has 1 aliphatic carbocycles. The lowest BCUT2D eigenvalue weighted by Crippen LogP contribution is -2.46. The van der Waals surface area contributed by atoms with Crippen LogP contribution in [0.4, 0.5) is 0 Å². The Morgan fingerprint density at radius 3 is 0.973 bits per heavy atom. The van der Waals surface area contributed by atoms with Crippen molar-refractivity contribution in [2.24, 2.45) is 80.3 Å². The van der Waals surface area contributed by atoms with E-state index in [0.717, 1.165) is 155 Å². The lowest BCUT2D eigenvalue weighted by molar-refractivity contribution is -0.154. The predicted octanol–water partition coefficient (Wildman–Crippen LogP) is 25.7. The van der Waals surface area contributed by atoms with Gasteiger partial charge in [-0.25, -0.2) is 19.9 Å². The van der Waals surface area contributed by atoms with E-state index in [0.29, 0.717) is 25.2 Å². The molecule has 11 rings (SSSR count). The standard InChI is InChI=1S/C28H45NO5P2S.C27H44N2O5P2S.C27H43NO6P2S.C27H43NO5P2S/c1-16-9-8-10-28(7)14-20(28)12-22(17(2)11-21-15-37-19(4)29-21)32-24(30)13-23(33-35)27(5,6)26(31)18(3)25(16)34-36;1-15-9-8-10-27(7)21(29-27)12-20(16(2)11-19-14-37-18(4)28-19)32-23(30)13-22(33-35)26(5,6)25(31)17(3)24(15)34-36;1-15-9-8-10-27(7)22(32-27)12-20(16(2)11-19-14-37-18(4)28-19)31-23(29)13-21(33-35)26(5,6)25(30)17(3)24(15)34-36;1-16-9-8-10-17(2)25(33-35)19(4)26(30)27(6,7)23(32-34)14-24(29)31-22(12-11-16)18(3)13-21-15-36-20(5)28-21/h11,15-16,18,20,22-23,25H,8-10,12-14,35-36H2,1-7H3;11,14-15,17,20-22,24,29H,8-10,12-13,35-36H2,1-7H3;11,14-15,17,20-22,24H,8-10,12-13,35-36H2,1-7H3;11,13,15,17,19,22-23,25H,8-10,12,14,34-35H2,1-7H3/b17-11+;2*16-11+;16-11-,18-13+. The van der Waals surface area contributed by atoms with E-state index < -0.39 is 76.3 Å². The largest absolute Gasteiger partial charge is 0.458 e. The van der Waals surface area contributed by atoms with Crippen LogP contribution in [0.15, 0.2) is 55.5 Å². The average Bonchev–Trinajstić information content (AvgIpc) is 1.63. The summed E-state index contributed by atoms with van der Waals surface area (Å²) in [5, 5.41) is 15.7. The first-order valence-corrected chi connectivity index (χ1v) is 59.5. The van der Waals surface area contributed by atoms with Crippen LogP contribution in [0.5, 0.6) is 0 Å². The Balaban J connectivity index is 0.000000239. The predicted molar refractivity (Wildman–Crippen MR) is 618 cm³/mol. The van der Waals surface area contributed by atoms with Crippen molar-refractivity contribution in [3.63, 3.8) is 0 Å². The Morgan fingerprint density at radius 1 is 0.381 bits per heavy atom. The van der Waals surface area contributed by atoms with Gasteiger partial charge < -0.3 is 65.2 Å². The molecule has 5 saturated heterocycles. The summed E-state index contributed by atoms with van der Waals surface area (Å²) in [6, 6.07) is 0.258. The summed E-state index contributed by atoms with van der Waals surface area (Å²) in [6.07, 6.45) is 20.6. The molecule has 0 bridgehead atoms. The van der Waals surface area contributed by atoms with Gasteiger partial charge in [0, 0.05) is 152 Å². The van der Waals surface area contributed by atoms with Crippen molar-refractivity contribution in [2.45, 2.75) is 425 Å². The summed E-state index contributed by atoms with van der Waals surface area (Å²) in [5.74, 6) is -1.54. The second-order valence-corrected chi connectivity index (χ2v) is 52.3. The van der Waals surface area contributed by atoms with Gasteiger partial charge in [-0.2, -0.15) is 0 Å². The highest BCUT2D eigenvalue weighted by Crippen LogP contribution is 2.59. The summed E-state index contributed by atoms with van der Waals surface area (Å²) in [5.41, 5.74) is 4.93. The van der Waals surface area contributed by atoms with Crippen molar-refractivity contribution in [2.75, 3.05) is 0 Å². The van der Waals surface area contributed by atoms with Crippen LogP contribution in [0.1, 0.15) is 344 Å². The van der Waals surface area contributed by atoms with E-state index >= 15 is 0 Å². The maximum absolute atomic E-state index is 13.7. The maximum Gasteiger partial charge on any atom is 0.309 e. The van der Waals surface area contributed by atoms with Gasteiger partial charge in [-0.05, 0) is 228 Å². The number of ketones is 4. The number of hydrogen-bond donors (Lipinski definition) is 1. The molecule has 26 nitrogen and oxygen atoms in total. The lowest BCUT2D eigenvalue weighted by atomic mass is 9.73. The monoisotopic (exact) mass is 2270 g/mol. The number of cyclic esters (lactones) is 4. The van der Waals surface area contributed by atoms with Crippen LogP contribution < -0.4 is 5.32 Å². The number of fused-ring (bicyclic) bond motifs is 3. The Labute approximate surface area is 913 Å². The fourth-order valence-corrected chi connectivity index (χ4v) is 28.1. The molecule has 0 radical (unpaired) electrons. The zero-order valence-corrected chi connectivity index (χ0v) is 105. The van der Waals surface area contributed by atoms with E-state index in [1.807, 2.05) is 184 Å². The minimum atomic E-state index is -0.922. The molecule has 0 spiro atoms. The number of ether oxygens (including phenoxy) is 5. The molecule has 1 saturated carbocycles. The second-order valence-electron chi connectivity index (χ2n) is 45.9. The third-order valence-electron chi connectivity index (χ3n) is 32.6. The quantitative estimate of drug-likeness (QED) is 0.0358. The molecule has 7 aliphatic rings. The third-order valence-corrected chi connectivity index (χ3v) is 38.4. The molecule has 1 N–H and O–H groups in total. The van der Waals surface area contributed by atoms with Crippen molar-refractivity contribution < 1.29 is 98.2 Å². The number of rotatable bonds is 16. The highest BCUT2D eigenvalue weighted by Gasteiger charge is 2.56. The smallest absolute Gasteiger partial charge is 0.309 e. The molecule has 34 unspecified atom stereocenters. The SMILES string of the molecule is C/C(=C\c1csc(C)n1)C1CC2CC2(C)CCCC(C)C(OP)C(C)C(=O)C(C)(C)C(OP)CC(=O)O1.C/C(=C\c1csc(C)n1)C1CC2NC2(C)CCCC(C)C(OP)C(C)C(=O)C(C)(C)C(OP)CC(=O)O1.C/C(=C\c1csc(C)n1)C1CC2OC2(C)CCCC(C)C(OP)C(C)C(=O)C(C)(C)C(OP)CC(=O)O1.C/C1=C/CC(/C(C)=C/c2csc(C)n2)OC(=O)CC(OP)C(C)(C)C(=O)C(C)C(OP)C(C)CCC1. The van der Waals surface area contributed by atoms with Crippen LogP contribution >= 0.6 is 121 Å². The highest BCUT2D eigenvalue weighted by molar-refractivity contribution is 7.12. The molecule has 34 atom stereocenters. The fourth-order valence-electron chi connectivity index (χ4n) is 22.0. The molecule has 826 valence electrons. The van der Waals surface area contributed by atoms with Gasteiger partial charge in [-0.15, -0.1) is 45.3 Å². The van der Waals surface area contributed by atoms with E-state index in [-0.39, 0.29) is 167 Å². The van der Waals surface area contributed by atoms with Crippen LogP contribution in [0.3, 0.4) is 0 Å². The van der Waals surface area contributed by atoms with Crippen molar-refractivity contribution in [3.05, 3.63) is 98.3 Å². The van der Waals surface area contributed by atoms with E-state index in [9.17, 15) is 38.4 Å². The molecular formula is C109H175N5O21P8S4.